The first-order chi connectivity index (χ1) is 8.39. The SMILES string of the molecule is CC1(O)CCN(C(=O)c2ccc(C(=O)O)s2)CC1. The number of aromatic carboxylic acids is 1. The number of thiophene rings is 1. The fourth-order valence-electron chi connectivity index (χ4n) is 1.92. The van der Waals surface area contributed by atoms with Crippen LogP contribution in [0.15, 0.2) is 12.1 Å². The summed E-state index contributed by atoms with van der Waals surface area (Å²) < 4.78 is 0. The highest BCUT2D eigenvalue weighted by Crippen LogP contribution is 2.24. The summed E-state index contributed by atoms with van der Waals surface area (Å²) in [5, 5.41) is 18.6. The molecule has 1 aliphatic rings. The molecule has 0 spiro atoms. The molecule has 0 radical (unpaired) electrons. The molecule has 6 heteroatoms. The molecule has 1 aliphatic heterocycles. The zero-order chi connectivity index (χ0) is 13.3. The lowest BCUT2D eigenvalue weighted by atomic mass is 9.94. The van der Waals surface area contributed by atoms with Crippen LogP contribution in [0, 0.1) is 0 Å². The molecule has 0 atom stereocenters. The zero-order valence-electron chi connectivity index (χ0n) is 10.0. The quantitative estimate of drug-likeness (QED) is 0.851. The summed E-state index contributed by atoms with van der Waals surface area (Å²) in [6.07, 6.45) is 1.10. The average Bonchev–Trinajstić information content (AvgIpc) is 2.77. The number of carboxylic acid groups (broad SMARTS) is 1. The van der Waals surface area contributed by atoms with Gasteiger partial charge in [0.15, 0.2) is 0 Å². The molecule has 0 unspecified atom stereocenters. The van der Waals surface area contributed by atoms with Crippen molar-refractivity contribution in [1.29, 1.82) is 0 Å². The molecular formula is C12H15NO4S. The van der Waals surface area contributed by atoms with Gasteiger partial charge in [0.1, 0.15) is 4.88 Å². The topological polar surface area (TPSA) is 77.8 Å². The number of carbonyl (C=O) groups excluding carboxylic acids is 1. The van der Waals surface area contributed by atoms with Crippen molar-refractivity contribution in [2.45, 2.75) is 25.4 Å². The Morgan fingerprint density at radius 1 is 1.28 bits per heavy atom. The Morgan fingerprint density at radius 2 is 1.83 bits per heavy atom. The fraction of sp³-hybridized carbons (Fsp3) is 0.500. The van der Waals surface area contributed by atoms with Crippen molar-refractivity contribution in [3.05, 3.63) is 21.9 Å². The minimum atomic E-state index is -1.01. The number of likely N-dealkylation sites (tertiary alicyclic amines) is 1. The van der Waals surface area contributed by atoms with E-state index in [4.69, 9.17) is 5.11 Å². The predicted molar refractivity (Wildman–Crippen MR) is 67.0 cm³/mol. The maximum absolute atomic E-state index is 12.1. The van der Waals surface area contributed by atoms with E-state index in [1.165, 1.54) is 6.07 Å². The normalized spacial score (nSPS) is 18.7. The number of aliphatic hydroxyl groups is 1. The third-order valence-electron chi connectivity index (χ3n) is 3.16. The summed E-state index contributed by atoms with van der Waals surface area (Å²) in [5.41, 5.74) is -0.696. The maximum atomic E-state index is 12.1. The van der Waals surface area contributed by atoms with E-state index in [0.717, 1.165) is 11.3 Å². The van der Waals surface area contributed by atoms with Crippen LogP contribution in [0.25, 0.3) is 0 Å². The van der Waals surface area contributed by atoms with Crippen LogP contribution in [0.3, 0.4) is 0 Å². The molecule has 1 aromatic rings. The van der Waals surface area contributed by atoms with Crippen molar-refractivity contribution in [2.75, 3.05) is 13.1 Å². The summed E-state index contributed by atoms with van der Waals surface area (Å²) in [6, 6.07) is 2.99. The van der Waals surface area contributed by atoms with E-state index < -0.39 is 11.6 Å². The Morgan fingerprint density at radius 3 is 2.33 bits per heavy atom. The molecule has 2 N–H and O–H groups in total. The first-order valence-corrected chi connectivity index (χ1v) is 6.55. The molecule has 1 fully saturated rings. The monoisotopic (exact) mass is 269 g/mol. The molecule has 98 valence electrons. The molecule has 0 aliphatic carbocycles. The summed E-state index contributed by atoms with van der Waals surface area (Å²) in [6.45, 7) is 2.78. The Bertz CT molecular complexity index is 470. The molecule has 18 heavy (non-hydrogen) atoms. The van der Waals surface area contributed by atoms with Gasteiger partial charge in [-0.3, -0.25) is 4.79 Å². The van der Waals surface area contributed by atoms with Gasteiger partial charge in [0.05, 0.1) is 10.5 Å². The Labute approximate surface area is 109 Å². The van der Waals surface area contributed by atoms with Crippen molar-refractivity contribution in [3.63, 3.8) is 0 Å². The van der Waals surface area contributed by atoms with Gasteiger partial charge in [-0.05, 0) is 31.9 Å². The van der Waals surface area contributed by atoms with Crippen LogP contribution in [0.2, 0.25) is 0 Å². The van der Waals surface area contributed by atoms with Gasteiger partial charge < -0.3 is 15.1 Å². The maximum Gasteiger partial charge on any atom is 0.345 e. The molecule has 2 rings (SSSR count). The summed E-state index contributed by atoms with van der Waals surface area (Å²) >= 11 is 0.989. The van der Waals surface area contributed by atoms with Crippen LogP contribution in [0.4, 0.5) is 0 Å². The third kappa shape index (κ3) is 2.70. The molecule has 0 saturated carbocycles. The van der Waals surface area contributed by atoms with Gasteiger partial charge in [-0.2, -0.15) is 0 Å². The number of hydrogen-bond acceptors (Lipinski definition) is 4. The van der Waals surface area contributed by atoms with Gasteiger partial charge in [-0.1, -0.05) is 0 Å². The van der Waals surface area contributed by atoms with Crippen molar-refractivity contribution in [1.82, 2.24) is 4.90 Å². The van der Waals surface area contributed by atoms with E-state index in [1.807, 2.05) is 0 Å². The standard InChI is InChI=1S/C12H15NO4S/c1-12(17)4-6-13(7-5-12)10(14)8-2-3-9(18-8)11(15)16/h2-3,17H,4-7H2,1H3,(H,15,16). The second-order valence-electron chi connectivity index (χ2n) is 4.76. The van der Waals surface area contributed by atoms with Gasteiger partial charge in [-0.15, -0.1) is 11.3 Å². The highest BCUT2D eigenvalue weighted by molar-refractivity contribution is 7.15. The molecule has 0 aromatic carbocycles. The van der Waals surface area contributed by atoms with E-state index >= 15 is 0 Å². The van der Waals surface area contributed by atoms with Crippen molar-refractivity contribution in [2.24, 2.45) is 0 Å². The average molecular weight is 269 g/mol. The largest absolute Gasteiger partial charge is 0.477 e. The number of amides is 1. The third-order valence-corrected chi connectivity index (χ3v) is 4.22. The summed E-state index contributed by atoms with van der Waals surface area (Å²) in [5.74, 6) is -1.16. The van der Waals surface area contributed by atoms with E-state index in [2.05, 4.69) is 0 Å². The van der Waals surface area contributed by atoms with Crippen LogP contribution >= 0.6 is 11.3 Å². The number of nitrogens with zero attached hydrogens (tertiary/aromatic N) is 1. The molecule has 1 saturated heterocycles. The molecular weight excluding hydrogens is 254 g/mol. The van der Waals surface area contributed by atoms with Gasteiger partial charge in [0.25, 0.3) is 5.91 Å². The first-order valence-electron chi connectivity index (χ1n) is 5.74. The number of carboxylic acids is 1. The zero-order valence-corrected chi connectivity index (χ0v) is 10.9. The van der Waals surface area contributed by atoms with Crippen molar-refractivity contribution in [3.8, 4) is 0 Å². The summed E-state index contributed by atoms with van der Waals surface area (Å²) in [7, 11) is 0. The lowest BCUT2D eigenvalue weighted by Crippen LogP contribution is -2.44. The number of carbonyl (C=O) groups is 2. The van der Waals surface area contributed by atoms with Crippen LogP contribution in [-0.2, 0) is 0 Å². The lowest BCUT2D eigenvalue weighted by Gasteiger charge is -2.35. The Balaban J connectivity index is 2.05. The van der Waals surface area contributed by atoms with Crippen molar-refractivity contribution >= 4 is 23.2 Å². The number of piperidine rings is 1. The first kappa shape index (κ1) is 13.0. The highest BCUT2D eigenvalue weighted by Gasteiger charge is 2.30. The molecule has 0 bridgehead atoms. The van der Waals surface area contributed by atoms with E-state index in [1.54, 1.807) is 17.9 Å². The van der Waals surface area contributed by atoms with Crippen LogP contribution in [0.5, 0.6) is 0 Å². The van der Waals surface area contributed by atoms with E-state index in [9.17, 15) is 14.7 Å². The molecule has 5 nitrogen and oxygen atoms in total. The van der Waals surface area contributed by atoms with Crippen LogP contribution in [-0.4, -0.2) is 45.7 Å². The Hall–Kier alpha value is -1.40. The Kier molecular flexibility index (Phi) is 3.41. The van der Waals surface area contributed by atoms with E-state index in [0.29, 0.717) is 30.8 Å². The lowest BCUT2D eigenvalue weighted by molar-refractivity contribution is -0.00189. The summed E-state index contributed by atoms with van der Waals surface area (Å²) in [4.78, 5) is 25.1. The van der Waals surface area contributed by atoms with Gasteiger partial charge >= 0.3 is 5.97 Å². The van der Waals surface area contributed by atoms with Gasteiger partial charge in [0.2, 0.25) is 0 Å². The van der Waals surface area contributed by atoms with Crippen LogP contribution in [0.1, 0.15) is 39.1 Å². The number of rotatable bonds is 2. The van der Waals surface area contributed by atoms with E-state index in [-0.39, 0.29) is 10.8 Å². The molecule has 1 aromatic heterocycles. The molecule has 1 amide bonds. The molecule has 2 heterocycles. The predicted octanol–water partition coefficient (Wildman–Crippen LogP) is 1.43. The minimum absolute atomic E-state index is 0.150. The number of hydrogen-bond donors (Lipinski definition) is 2. The fourth-order valence-corrected chi connectivity index (χ4v) is 2.73. The smallest absolute Gasteiger partial charge is 0.345 e. The van der Waals surface area contributed by atoms with Crippen LogP contribution < -0.4 is 0 Å². The van der Waals surface area contributed by atoms with Crippen molar-refractivity contribution < 1.29 is 19.8 Å². The van der Waals surface area contributed by atoms with Gasteiger partial charge in [0, 0.05) is 13.1 Å². The second-order valence-corrected chi connectivity index (χ2v) is 5.84. The second kappa shape index (κ2) is 4.70. The minimum Gasteiger partial charge on any atom is -0.477 e. The van der Waals surface area contributed by atoms with Gasteiger partial charge in [-0.25, -0.2) is 4.79 Å². The highest BCUT2D eigenvalue weighted by atomic mass is 32.1.